The Hall–Kier alpha value is -1.04. The van der Waals surface area contributed by atoms with E-state index >= 15 is 0 Å². The summed E-state index contributed by atoms with van der Waals surface area (Å²) in [6.07, 6.45) is 1.84. The normalized spacial score (nSPS) is 17.3. The Balaban J connectivity index is 1.76. The molecule has 0 bridgehead atoms. The van der Waals surface area contributed by atoms with Crippen LogP contribution in [0.3, 0.4) is 0 Å². The molecule has 19 heavy (non-hydrogen) atoms. The predicted molar refractivity (Wildman–Crippen MR) is 83.5 cm³/mol. The Morgan fingerprint density at radius 1 is 1.32 bits per heavy atom. The number of para-hydroxylation sites is 1. The van der Waals surface area contributed by atoms with Crippen molar-refractivity contribution in [1.29, 1.82) is 0 Å². The largest absolute Gasteiger partial charge is 0.345 e. The van der Waals surface area contributed by atoms with Crippen LogP contribution in [0.2, 0.25) is 4.47 Å². The van der Waals surface area contributed by atoms with Gasteiger partial charge in [0.05, 0.1) is 12.2 Å². The Bertz CT molecular complexity index is 583. The molecule has 3 nitrogen and oxygen atoms in total. The molecule has 0 N–H and O–H groups in total. The highest BCUT2D eigenvalue weighted by atomic mass is 35.5. The van der Waals surface area contributed by atoms with Crippen LogP contribution in [0, 0.1) is 0 Å². The molecule has 1 saturated heterocycles. The minimum Gasteiger partial charge on any atom is -0.345 e. The number of thioether (sulfide) groups is 1. The van der Waals surface area contributed by atoms with Crippen molar-refractivity contribution in [2.24, 2.45) is 4.99 Å². The summed E-state index contributed by atoms with van der Waals surface area (Å²) < 4.78 is 0.600. The first-order valence-electron chi connectivity index (χ1n) is 5.93. The van der Waals surface area contributed by atoms with E-state index in [1.165, 1.54) is 16.2 Å². The fraction of sp³-hybridized carbons (Fsp3) is 0.231. The molecule has 0 spiro atoms. The lowest BCUT2D eigenvalue weighted by molar-refractivity contribution is 0.461. The lowest BCUT2D eigenvalue weighted by Gasteiger charge is -2.16. The first-order valence-corrected chi connectivity index (χ1v) is 8.11. The molecule has 2 heterocycles. The molecule has 1 aromatic carbocycles. The monoisotopic (exact) mass is 309 g/mol. The van der Waals surface area contributed by atoms with Gasteiger partial charge in [0.25, 0.3) is 0 Å². The molecular formula is C13H12ClN3S2. The molecule has 3 rings (SSSR count). The van der Waals surface area contributed by atoms with E-state index in [2.05, 4.69) is 9.88 Å². The van der Waals surface area contributed by atoms with Crippen molar-refractivity contribution in [2.75, 3.05) is 12.3 Å². The zero-order valence-electron chi connectivity index (χ0n) is 10.1. The number of benzene rings is 1. The molecule has 1 aliphatic rings. The fourth-order valence-electron chi connectivity index (χ4n) is 1.84. The molecule has 0 unspecified atom stereocenters. The number of rotatable bonds is 3. The molecule has 98 valence electrons. The van der Waals surface area contributed by atoms with Gasteiger partial charge < -0.3 is 4.90 Å². The molecule has 0 radical (unpaired) electrons. The highest BCUT2D eigenvalue weighted by Gasteiger charge is 2.20. The summed E-state index contributed by atoms with van der Waals surface area (Å²) in [5.41, 5.74) is 0.999. The smallest absolute Gasteiger partial charge is 0.183 e. The topological polar surface area (TPSA) is 28.5 Å². The van der Waals surface area contributed by atoms with Crippen molar-refractivity contribution in [3.63, 3.8) is 0 Å². The summed E-state index contributed by atoms with van der Waals surface area (Å²) in [5.74, 6) is 1.08. The maximum absolute atomic E-state index is 5.87. The summed E-state index contributed by atoms with van der Waals surface area (Å²) in [4.78, 5) is 12.2. The van der Waals surface area contributed by atoms with Crippen molar-refractivity contribution >= 4 is 45.6 Å². The van der Waals surface area contributed by atoms with Gasteiger partial charge in [-0.2, -0.15) is 0 Å². The van der Waals surface area contributed by atoms with Gasteiger partial charge in [0.2, 0.25) is 0 Å². The third-order valence-corrected chi connectivity index (χ3v) is 4.81. The van der Waals surface area contributed by atoms with E-state index < -0.39 is 0 Å². The lowest BCUT2D eigenvalue weighted by atomic mass is 10.3. The Morgan fingerprint density at radius 2 is 2.16 bits per heavy atom. The lowest BCUT2D eigenvalue weighted by Crippen LogP contribution is -2.23. The van der Waals surface area contributed by atoms with Crippen LogP contribution in [0.1, 0.15) is 4.88 Å². The van der Waals surface area contributed by atoms with E-state index in [-0.39, 0.29) is 0 Å². The van der Waals surface area contributed by atoms with Gasteiger partial charge in [-0.15, -0.1) is 11.3 Å². The van der Waals surface area contributed by atoms with Gasteiger partial charge in [0.1, 0.15) is 0 Å². The molecule has 0 atom stereocenters. The van der Waals surface area contributed by atoms with Gasteiger partial charge in [-0.25, -0.2) is 9.98 Å². The number of halogens is 1. The average molecular weight is 310 g/mol. The van der Waals surface area contributed by atoms with E-state index in [0.29, 0.717) is 4.47 Å². The number of aromatic nitrogens is 1. The first-order chi connectivity index (χ1) is 9.31. The second-order valence-corrected chi connectivity index (χ2v) is 6.84. The molecule has 1 aliphatic heterocycles. The van der Waals surface area contributed by atoms with Gasteiger partial charge in [0.15, 0.2) is 9.63 Å². The van der Waals surface area contributed by atoms with Crippen molar-refractivity contribution in [1.82, 2.24) is 9.88 Å². The maximum atomic E-state index is 5.87. The number of amidine groups is 1. The molecule has 0 saturated carbocycles. The Morgan fingerprint density at radius 3 is 2.89 bits per heavy atom. The average Bonchev–Trinajstić information content (AvgIpc) is 3.01. The maximum Gasteiger partial charge on any atom is 0.183 e. The van der Waals surface area contributed by atoms with Crippen molar-refractivity contribution < 1.29 is 0 Å². The highest BCUT2D eigenvalue weighted by molar-refractivity contribution is 8.14. The molecule has 2 aromatic rings. The second kappa shape index (κ2) is 5.94. The summed E-state index contributed by atoms with van der Waals surface area (Å²) in [6, 6.07) is 10.1. The zero-order chi connectivity index (χ0) is 13.1. The first kappa shape index (κ1) is 13.0. The molecule has 0 aliphatic carbocycles. The van der Waals surface area contributed by atoms with E-state index in [1.807, 2.05) is 36.5 Å². The number of thiazole rings is 1. The summed E-state index contributed by atoms with van der Waals surface area (Å²) in [7, 11) is 0. The predicted octanol–water partition coefficient (Wildman–Crippen LogP) is 4.03. The van der Waals surface area contributed by atoms with E-state index in [4.69, 9.17) is 16.6 Å². The quantitative estimate of drug-likeness (QED) is 0.857. The zero-order valence-corrected chi connectivity index (χ0v) is 12.5. The van der Waals surface area contributed by atoms with Gasteiger partial charge in [-0.05, 0) is 12.1 Å². The third-order valence-electron chi connectivity index (χ3n) is 2.72. The Labute approximate surface area is 125 Å². The van der Waals surface area contributed by atoms with E-state index in [0.717, 1.165) is 29.7 Å². The fourth-order valence-corrected chi connectivity index (χ4v) is 3.84. The standard InChI is InChI=1S/C13H12ClN3S2/c14-12-15-8-11(19-12)9-17-6-7-18-13(17)16-10-4-2-1-3-5-10/h1-5,8H,6-7,9H2. The SMILES string of the molecule is Clc1ncc(CN2CCSC2=Nc2ccccc2)s1. The number of hydrogen-bond donors (Lipinski definition) is 0. The van der Waals surface area contributed by atoms with Crippen molar-refractivity contribution in [2.45, 2.75) is 6.54 Å². The van der Waals surface area contributed by atoms with Crippen molar-refractivity contribution in [3.8, 4) is 0 Å². The summed E-state index contributed by atoms with van der Waals surface area (Å²) in [5, 5.41) is 1.08. The van der Waals surface area contributed by atoms with Crippen LogP contribution in [0.4, 0.5) is 5.69 Å². The van der Waals surface area contributed by atoms with E-state index in [1.54, 1.807) is 11.8 Å². The summed E-state index contributed by atoms with van der Waals surface area (Å²) in [6.45, 7) is 1.86. The van der Waals surface area contributed by atoms with Crippen molar-refractivity contribution in [3.05, 3.63) is 45.9 Å². The van der Waals surface area contributed by atoms with Gasteiger partial charge in [-0.1, -0.05) is 41.6 Å². The number of nitrogens with zero attached hydrogens (tertiary/aromatic N) is 3. The van der Waals surface area contributed by atoms with Crippen LogP contribution in [0.5, 0.6) is 0 Å². The van der Waals surface area contributed by atoms with Crippen LogP contribution in [0.15, 0.2) is 41.5 Å². The van der Waals surface area contributed by atoms with Crippen LogP contribution in [-0.4, -0.2) is 27.3 Å². The van der Waals surface area contributed by atoms with Gasteiger partial charge in [0, 0.05) is 23.4 Å². The third kappa shape index (κ3) is 3.29. The summed E-state index contributed by atoms with van der Waals surface area (Å²) >= 11 is 9.20. The van der Waals surface area contributed by atoms with Crippen LogP contribution < -0.4 is 0 Å². The van der Waals surface area contributed by atoms with Crippen LogP contribution in [0.25, 0.3) is 0 Å². The van der Waals surface area contributed by atoms with Crippen LogP contribution in [-0.2, 0) is 6.54 Å². The molecule has 0 amide bonds. The number of hydrogen-bond acceptors (Lipinski definition) is 4. The molecule has 6 heteroatoms. The van der Waals surface area contributed by atoms with Gasteiger partial charge >= 0.3 is 0 Å². The minimum atomic E-state index is 0.600. The molecule has 1 fully saturated rings. The second-order valence-electron chi connectivity index (χ2n) is 4.08. The van der Waals surface area contributed by atoms with Gasteiger partial charge in [-0.3, -0.25) is 0 Å². The Kier molecular flexibility index (Phi) is 4.06. The highest BCUT2D eigenvalue weighted by Crippen LogP contribution is 2.26. The molecular weight excluding hydrogens is 298 g/mol. The van der Waals surface area contributed by atoms with E-state index in [9.17, 15) is 0 Å². The number of aliphatic imine (C=N–C) groups is 1. The van der Waals surface area contributed by atoms with Crippen LogP contribution >= 0.6 is 34.7 Å². The molecule has 1 aromatic heterocycles. The minimum absolute atomic E-state index is 0.600.